The molecule has 24 heavy (non-hydrogen) atoms. The molecule has 4 nitrogen and oxygen atoms in total. The van der Waals surface area contributed by atoms with Gasteiger partial charge in [-0.3, -0.25) is 0 Å². The highest BCUT2D eigenvalue weighted by molar-refractivity contribution is 5.24. The highest BCUT2D eigenvalue weighted by atomic mass is 19.4. The molecule has 1 aromatic carbocycles. The summed E-state index contributed by atoms with van der Waals surface area (Å²) in [4.78, 5) is 0. The second-order valence-electron chi connectivity index (χ2n) is 6.12. The van der Waals surface area contributed by atoms with Gasteiger partial charge in [-0.2, -0.15) is 13.2 Å². The SMILES string of the molecule is Cc1cc(C[C@@H]2COC[C@H]2NCc2ccc(C(F)(F)F)cc2)on1. The lowest BCUT2D eigenvalue weighted by molar-refractivity contribution is -0.137. The van der Waals surface area contributed by atoms with Gasteiger partial charge < -0.3 is 14.6 Å². The van der Waals surface area contributed by atoms with E-state index in [9.17, 15) is 13.2 Å². The molecule has 1 aliphatic rings. The molecule has 1 N–H and O–H groups in total. The smallest absolute Gasteiger partial charge is 0.379 e. The van der Waals surface area contributed by atoms with Crippen molar-refractivity contribution in [3.8, 4) is 0 Å². The number of aromatic nitrogens is 1. The van der Waals surface area contributed by atoms with Crippen LogP contribution >= 0.6 is 0 Å². The molecular formula is C17H19F3N2O2. The van der Waals surface area contributed by atoms with Gasteiger partial charge in [0.25, 0.3) is 0 Å². The molecule has 1 aliphatic heterocycles. The monoisotopic (exact) mass is 340 g/mol. The molecule has 0 saturated carbocycles. The molecule has 1 saturated heterocycles. The van der Waals surface area contributed by atoms with Gasteiger partial charge in [-0.05, 0) is 24.6 Å². The molecule has 0 aliphatic carbocycles. The van der Waals surface area contributed by atoms with Crippen molar-refractivity contribution in [2.45, 2.75) is 32.1 Å². The third-order valence-electron chi connectivity index (χ3n) is 4.19. The molecular weight excluding hydrogens is 321 g/mol. The number of nitrogens with one attached hydrogen (secondary N) is 1. The molecule has 0 bridgehead atoms. The van der Waals surface area contributed by atoms with Gasteiger partial charge in [-0.1, -0.05) is 17.3 Å². The Bertz CT molecular complexity index is 667. The summed E-state index contributed by atoms with van der Waals surface area (Å²) < 4.78 is 48.5. The van der Waals surface area contributed by atoms with E-state index in [4.69, 9.17) is 9.26 Å². The number of aryl methyl sites for hydroxylation is 1. The van der Waals surface area contributed by atoms with E-state index in [0.29, 0.717) is 19.8 Å². The first kappa shape index (κ1) is 17.0. The van der Waals surface area contributed by atoms with Gasteiger partial charge in [-0.15, -0.1) is 0 Å². The van der Waals surface area contributed by atoms with Crippen LogP contribution in [0.5, 0.6) is 0 Å². The highest BCUT2D eigenvalue weighted by Crippen LogP contribution is 2.29. The lowest BCUT2D eigenvalue weighted by Crippen LogP contribution is -2.36. The van der Waals surface area contributed by atoms with Crippen molar-refractivity contribution in [1.29, 1.82) is 0 Å². The minimum Gasteiger partial charge on any atom is -0.379 e. The van der Waals surface area contributed by atoms with Crippen molar-refractivity contribution in [3.63, 3.8) is 0 Å². The zero-order chi connectivity index (χ0) is 17.2. The lowest BCUT2D eigenvalue weighted by atomic mass is 9.98. The summed E-state index contributed by atoms with van der Waals surface area (Å²) in [5.74, 6) is 1.08. The van der Waals surface area contributed by atoms with Crippen molar-refractivity contribution in [2.24, 2.45) is 5.92 Å². The van der Waals surface area contributed by atoms with Crippen LogP contribution in [0.2, 0.25) is 0 Å². The predicted molar refractivity (Wildman–Crippen MR) is 81.3 cm³/mol. The van der Waals surface area contributed by atoms with Crippen molar-refractivity contribution in [3.05, 3.63) is 52.9 Å². The van der Waals surface area contributed by atoms with E-state index < -0.39 is 11.7 Å². The molecule has 1 aromatic heterocycles. The number of nitrogens with zero attached hydrogens (tertiary/aromatic N) is 1. The Kier molecular flexibility index (Phi) is 4.91. The van der Waals surface area contributed by atoms with Crippen LogP contribution < -0.4 is 5.32 Å². The Hall–Kier alpha value is -1.86. The molecule has 2 aromatic rings. The van der Waals surface area contributed by atoms with Crippen LogP contribution in [-0.2, 0) is 23.9 Å². The molecule has 0 radical (unpaired) electrons. The van der Waals surface area contributed by atoms with Gasteiger partial charge in [0.05, 0.1) is 24.5 Å². The number of halogens is 3. The zero-order valence-corrected chi connectivity index (χ0v) is 13.3. The van der Waals surface area contributed by atoms with Crippen LogP contribution in [0.1, 0.15) is 22.6 Å². The van der Waals surface area contributed by atoms with Gasteiger partial charge in [0, 0.05) is 31.0 Å². The normalized spacial score (nSPS) is 21.3. The average Bonchev–Trinajstić information content (AvgIpc) is 3.14. The van der Waals surface area contributed by atoms with Crippen LogP contribution in [0, 0.1) is 12.8 Å². The first-order valence-electron chi connectivity index (χ1n) is 7.81. The summed E-state index contributed by atoms with van der Waals surface area (Å²) in [6.07, 6.45) is -3.57. The van der Waals surface area contributed by atoms with Gasteiger partial charge in [0.15, 0.2) is 0 Å². The first-order valence-corrected chi connectivity index (χ1v) is 7.81. The van der Waals surface area contributed by atoms with E-state index in [2.05, 4.69) is 10.5 Å². The zero-order valence-electron chi connectivity index (χ0n) is 13.3. The third-order valence-corrected chi connectivity index (χ3v) is 4.19. The van der Waals surface area contributed by atoms with Crippen LogP contribution in [0.4, 0.5) is 13.2 Å². The number of benzene rings is 1. The topological polar surface area (TPSA) is 47.3 Å². The van der Waals surface area contributed by atoms with Crippen molar-refractivity contribution >= 4 is 0 Å². The van der Waals surface area contributed by atoms with Crippen molar-refractivity contribution in [1.82, 2.24) is 10.5 Å². The minimum atomic E-state index is -4.30. The fourth-order valence-electron chi connectivity index (χ4n) is 2.86. The molecule has 130 valence electrons. The largest absolute Gasteiger partial charge is 0.416 e. The Balaban J connectivity index is 1.55. The van der Waals surface area contributed by atoms with Crippen LogP contribution in [0.15, 0.2) is 34.9 Å². The average molecular weight is 340 g/mol. The van der Waals surface area contributed by atoms with Gasteiger partial charge in [0.1, 0.15) is 5.76 Å². The summed E-state index contributed by atoms with van der Waals surface area (Å²) >= 11 is 0. The van der Waals surface area contributed by atoms with E-state index >= 15 is 0 Å². The van der Waals surface area contributed by atoms with Crippen molar-refractivity contribution < 1.29 is 22.4 Å². The van der Waals surface area contributed by atoms with Gasteiger partial charge in [-0.25, -0.2) is 0 Å². The summed E-state index contributed by atoms with van der Waals surface area (Å²) in [6.45, 7) is 3.58. The number of ether oxygens (including phenoxy) is 1. The Morgan fingerprint density at radius 1 is 1.21 bits per heavy atom. The van der Waals surface area contributed by atoms with E-state index in [1.807, 2.05) is 13.0 Å². The number of rotatable bonds is 5. The van der Waals surface area contributed by atoms with E-state index in [0.717, 1.165) is 35.6 Å². The lowest BCUT2D eigenvalue weighted by Gasteiger charge is -2.18. The maximum Gasteiger partial charge on any atom is 0.416 e. The third kappa shape index (κ3) is 4.15. The molecule has 0 amide bonds. The van der Waals surface area contributed by atoms with E-state index in [1.165, 1.54) is 12.1 Å². The minimum absolute atomic E-state index is 0.137. The van der Waals surface area contributed by atoms with Crippen molar-refractivity contribution in [2.75, 3.05) is 13.2 Å². The Morgan fingerprint density at radius 2 is 1.96 bits per heavy atom. The number of hydrogen-bond donors (Lipinski definition) is 1. The molecule has 3 rings (SSSR count). The van der Waals surface area contributed by atoms with Crippen LogP contribution in [0.3, 0.4) is 0 Å². The summed E-state index contributed by atoms with van der Waals surface area (Å²) in [7, 11) is 0. The van der Waals surface area contributed by atoms with Gasteiger partial charge in [0.2, 0.25) is 0 Å². The molecule has 0 unspecified atom stereocenters. The van der Waals surface area contributed by atoms with Crippen LogP contribution in [-0.4, -0.2) is 24.4 Å². The highest BCUT2D eigenvalue weighted by Gasteiger charge is 2.31. The number of hydrogen-bond acceptors (Lipinski definition) is 4. The summed E-state index contributed by atoms with van der Waals surface area (Å²) in [5, 5.41) is 7.24. The second kappa shape index (κ2) is 6.94. The summed E-state index contributed by atoms with van der Waals surface area (Å²) in [5.41, 5.74) is 1.02. The molecule has 2 atom stereocenters. The Labute approximate surface area is 138 Å². The fourth-order valence-corrected chi connectivity index (χ4v) is 2.86. The summed E-state index contributed by atoms with van der Waals surface area (Å²) in [6, 6.07) is 7.26. The molecule has 7 heteroatoms. The van der Waals surface area contributed by atoms with Crippen LogP contribution in [0.25, 0.3) is 0 Å². The molecule has 0 spiro atoms. The first-order chi connectivity index (χ1) is 11.4. The molecule has 1 fully saturated rings. The number of alkyl halides is 3. The maximum absolute atomic E-state index is 12.6. The van der Waals surface area contributed by atoms with Gasteiger partial charge >= 0.3 is 6.18 Å². The molecule has 2 heterocycles. The standard InChI is InChI=1S/C17H19F3N2O2/c1-11-6-15(24-22-11)7-13-9-23-10-16(13)21-8-12-2-4-14(5-3-12)17(18,19)20/h2-6,13,16,21H,7-10H2,1H3/t13-,16-/m1/s1. The predicted octanol–water partition coefficient (Wildman–Crippen LogP) is 3.35. The maximum atomic E-state index is 12.6. The Morgan fingerprint density at radius 3 is 2.58 bits per heavy atom. The quantitative estimate of drug-likeness (QED) is 0.907. The van der Waals surface area contributed by atoms with E-state index in [1.54, 1.807) is 0 Å². The fraction of sp³-hybridized carbons (Fsp3) is 0.471. The second-order valence-corrected chi connectivity index (χ2v) is 6.12. The van der Waals surface area contributed by atoms with E-state index in [-0.39, 0.29) is 12.0 Å².